The van der Waals surface area contributed by atoms with E-state index in [-0.39, 0.29) is 6.04 Å². The molecule has 1 saturated heterocycles. The Kier molecular flexibility index (Phi) is 4.82. The molecule has 21 heavy (non-hydrogen) atoms. The van der Waals surface area contributed by atoms with Gasteiger partial charge in [-0.15, -0.1) is 0 Å². The van der Waals surface area contributed by atoms with Crippen LogP contribution in [-0.2, 0) is 9.59 Å². The lowest BCUT2D eigenvalue weighted by molar-refractivity contribution is -0.152. The Morgan fingerprint density at radius 1 is 1.33 bits per heavy atom. The van der Waals surface area contributed by atoms with Crippen LogP contribution in [-0.4, -0.2) is 45.7 Å². The number of nitrogens with zero attached hydrogens (tertiary/aromatic N) is 1. The Labute approximate surface area is 127 Å². The van der Waals surface area contributed by atoms with Crippen molar-refractivity contribution in [2.75, 3.05) is 6.54 Å². The molecule has 1 heterocycles. The van der Waals surface area contributed by atoms with Gasteiger partial charge in [0.1, 0.15) is 0 Å². The summed E-state index contributed by atoms with van der Waals surface area (Å²) in [6, 6.07) is 6.89. The molecule has 4 N–H and O–H groups in total. The molecule has 2 rings (SSSR count). The average Bonchev–Trinajstić information content (AvgIpc) is 2.94. The van der Waals surface area contributed by atoms with Gasteiger partial charge >= 0.3 is 0 Å². The summed E-state index contributed by atoms with van der Waals surface area (Å²) >= 11 is 5.95. The van der Waals surface area contributed by atoms with Crippen LogP contribution in [0.15, 0.2) is 24.3 Å². The van der Waals surface area contributed by atoms with E-state index in [4.69, 9.17) is 17.3 Å². The van der Waals surface area contributed by atoms with Gasteiger partial charge in [0.2, 0.25) is 5.91 Å². The second-order valence-electron chi connectivity index (χ2n) is 5.04. The molecule has 1 unspecified atom stereocenters. The second kappa shape index (κ2) is 6.43. The van der Waals surface area contributed by atoms with Crippen LogP contribution in [0.3, 0.4) is 0 Å². The van der Waals surface area contributed by atoms with Gasteiger partial charge in [0.05, 0.1) is 6.04 Å². The van der Waals surface area contributed by atoms with Crippen molar-refractivity contribution in [3.8, 4) is 0 Å². The Morgan fingerprint density at radius 3 is 2.67 bits per heavy atom. The molecule has 1 aromatic carbocycles. The first-order valence-corrected chi connectivity index (χ1v) is 7.01. The molecule has 0 radical (unpaired) electrons. The Morgan fingerprint density at radius 2 is 2.05 bits per heavy atom. The van der Waals surface area contributed by atoms with Crippen molar-refractivity contribution in [3.63, 3.8) is 0 Å². The van der Waals surface area contributed by atoms with Gasteiger partial charge in [0, 0.05) is 11.6 Å². The predicted molar refractivity (Wildman–Crippen MR) is 76.3 cm³/mol. The number of likely N-dealkylation sites (tertiary alicyclic amines) is 1. The van der Waals surface area contributed by atoms with E-state index in [9.17, 15) is 19.8 Å². The Bertz CT molecular complexity index is 552. The number of primary amides is 1. The molecule has 6 nitrogen and oxygen atoms in total. The first kappa shape index (κ1) is 15.8. The lowest BCUT2D eigenvalue weighted by Gasteiger charge is -2.28. The lowest BCUT2D eigenvalue weighted by Crippen LogP contribution is -2.49. The van der Waals surface area contributed by atoms with Crippen molar-refractivity contribution < 1.29 is 19.8 Å². The number of hydrogen-bond donors (Lipinski definition) is 3. The van der Waals surface area contributed by atoms with Crippen LogP contribution in [0.1, 0.15) is 24.4 Å². The van der Waals surface area contributed by atoms with Gasteiger partial charge in [-0.3, -0.25) is 9.59 Å². The van der Waals surface area contributed by atoms with E-state index in [1.165, 1.54) is 4.90 Å². The molecule has 3 atom stereocenters. The van der Waals surface area contributed by atoms with Crippen LogP contribution in [0.4, 0.5) is 0 Å². The van der Waals surface area contributed by atoms with Gasteiger partial charge in [-0.2, -0.15) is 0 Å². The highest BCUT2D eigenvalue weighted by molar-refractivity contribution is 6.30. The van der Waals surface area contributed by atoms with E-state index in [0.717, 1.165) is 18.4 Å². The minimum atomic E-state index is -1.90. The van der Waals surface area contributed by atoms with Crippen molar-refractivity contribution in [1.29, 1.82) is 0 Å². The van der Waals surface area contributed by atoms with E-state index in [2.05, 4.69) is 0 Å². The fourth-order valence-corrected chi connectivity index (χ4v) is 2.75. The van der Waals surface area contributed by atoms with Crippen molar-refractivity contribution >= 4 is 23.4 Å². The number of carbonyl (C=O) groups is 2. The van der Waals surface area contributed by atoms with Gasteiger partial charge in [0.25, 0.3) is 5.91 Å². The summed E-state index contributed by atoms with van der Waals surface area (Å²) in [7, 11) is 0. The highest BCUT2D eigenvalue weighted by atomic mass is 35.5. The van der Waals surface area contributed by atoms with Gasteiger partial charge in [-0.1, -0.05) is 23.7 Å². The number of rotatable bonds is 4. The SMILES string of the molecule is NC(=O)[C@H](O)[C@@H](O)C(=O)N1CCCC1c1cccc(Cl)c1. The minimum absolute atomic E-state index is 0.231. The Hall–Kier alpha value is -1.63. The molecule has 0 bridgehead atoms. The third-order valence-corrected chi connectivity index (χ3v) is 3.85. The number of aliphatic hydroxyl groups excluding tert-OH is 2. The number of hydrogen-bond acceptors (Lipinski definition) is 4. The van der Waals surface area contributed by atoms with Crippen LogP contribution in [0.5, 0.6) is 0 Å². The zero-order valence-electron chi connectivity index (χ0n) is 11.3. The van der Waals surface area contributed by atoms with Crippen LogP contribution >= 0.6 is 11.6 Å². The van der Waals surface area contributed by atoms with Crippen LogP contribution in [0.25, 0.3) is 0 Å². The molecule has 1 fully saturated rings. The summed E-state index contributed by atoms with van der Waals surface area (Å²) < 4.78 is 0. The standard InChI is InChI=1S/C14H17ClN2O4/c15-9-4-1-3-8(7-9)10-5-2-6-17(10)14(21)12(19)11(18)13(16)20/h1,3-4,7,10-12,18-19H,2,5-6H2,(H2,16,20)/t10?,11-,12-/m1/s1. The molecule has 1 aromatic rings. The molecule has 114 valence electrons. The maximum atomic E-state index is 12.2. The number of carbonyl (C=O) groups excluding carboxylic acids is 2. The summed E-state index contributed by atoms with van der Waals surface area (Å²) in [5.74, 6) is -1.84. The van der Waals surface area contributed by atoms with Gasteiger partial charge < -0.3 is 20.8 Å². The molecule has 1 aliphatic heterocycles. The van der Waals surface area contributed by atoms with Crippen LogP contribution in [0.2, 0.25) is 5.02 Å². The third-order valence-electron chi connectivity index (χ3n) is 3.61. The van der Waals surface area contributed by atoms with Crippen molar-refractivity contribution in [2.45, 2.75) is 31.1 Å². The quantitative estimate of drug-likeness (QED) is 0.739. The number of aliphatic hydroxyl groups is 2. The first-order chi connectivity index (χ1) is 9.91. The average molecular weight is 313 g/mol. The normalized spacial score (nSPS) is 21.1. The number of amides is 2. The number of benzene rings is 1. The maximum Gasteiger partial charge on any atom is 0.255 e. The zero-order chi connectivity index (χ0) is 15.6. The van der Waals surface area contributed by atoms with E-state index in [1.807, 2.05) is 6.07 Å². The van der Waals surface area contributed by atoms with Crippen molar-refractivity contribution in [1.82, 2.24) is 4.90 Å². The van der Waals surface area contributed by atoms with Gasteiger partial charge in [0.15, 0.2) is 12.2 Å². The van der Waals surface area contributed by atoms with E-state index in [1.54, 1.807) is 18.2 Å². The zero-order valence-corrected chi connectivity index (χ0v) is 12.0. The van der Waals surface area contributed by atoms with Crippen LogP contribution in [0, 0.1) is 0 Å². The fraction of sp³-hybridized carbons (Fsp3) is 0.429. The molecular weight excluding hydrogens is 296 g/mol. The molecule has 7 heteroatoms. The van der Waals surface area contributed by atoms with E-state index in [0.29, 0.717) is 11.6 Å². The molecule has 2 amide bonds. The van der Waals surface area contributed by atoms with Gasteiger partial charge in [-0.05, 0) is 30.5 Å². The highest BCUT2D eigenvalue weighted by Gasteiger charge is 2.37. The summed E-state index contributed by atoms with van der Waals surface area (Å²) in [6.45, 7) is 0.443. The molecule has 0 aromatic heterocycles. The minimum Gasteiger partial charge on any atom is -0.380 e. The lowest BCUT2D eigenvalue weighted by atomic mass is 10.0. The number of halogens is 1. The maximum absolute atomic E-state index is 12.2. The predicted octanol–water partition coefficient (Wildman–Crippen LogP) is 0.211. The number of nitrogens with two attached hydrogens (primary N) is 1. The molecule has 1 aliphatic rings. The highest BCUT2D eigenvalue weighted by Crippen LogP contribution is 2.33. The summed E-state index contributed by atoms with van der Waals surface area (Å²) in [5.41, 5.74) is 5.76. The summed E-state index contributed by atoms with van der Waals surface area (Å²) in [6.07, 6.45) is -2.26. The molecule has 0 spiro atoms. The molecule has 0 saturated carbocycles. The van der Waals surface area contributed by atoms with E-state index < -0.39 is 24.0 Å². The topological polar surface area (TPSA) is 104 Å². The second-order valence-corrected chi connectivity index (χ2v) is 5.47. The largest absolute Gasteiger partial charge is 0.380 e. The van der Waals surface area contributed by atoms with Crippen molar-refractivity contribution in [3.05, 3.63) is 34.9 Å². The summed E-state index contributed by atoms with van der Waals surface area (Å²) in [5, 5.41) is 19.8. The summed E-state index contributed by atoms with van der Waals surface area (Å²) in [4.78, 5) is 24.6. The van der Waals surface area contributed by atoms with Gasteiger partial charge in [-0.25, -0.2) is 0 Å². The molecule has 0 aliphatic carbocycles. The smallest absolute Gasteiger partial charge is 0.255 e. The first-order valence-electron chi connectivity index (χ1n) is 6.63. The Balaban J connectivity index is 2.18. The third kappa shape index (κ3) is 3.34. The fourth-order valence-electron chi connectivity index (χ4n) is 2.55. The monoisotopic (exact) mass is 312 g/mol. The van der Waals surface area contributed by atoms with Crippen molar-refractivity contribution in [2.24, 2.45) is 5.73 Å². The molecular formula is C14H17ClN2O4. The van der Waals surface area contributed by atoms with Crippen LogP contribution < -0.4 is 5.73 Å². The van der Waals surface area contributed by atoms with E-state index >= 15 is 0 Å².